The van der Waals surface area contributed by atoms with E-state index >= 15 is 0 Å². The first kappa shape index (κ1) is 11.5. The van der Waals surface area contributed by atoms with Crippen molar-refractivity contribution >= 4 is 5.91 Å². The lowest BCUT2D eigenvalue weighted by atomic mass is 10.1. The molecule has 0 radical (unpaired) electrons. The minimum Gasteiger partial charge on any atom is -0.368 e. The minimum atomic E-state index is -0.157. The maximum atomic E-state index is 11.2. The van der Waals surface area contributed by atoms with E-state index in [0.29, 0.717) is 6.04 Å². The van der Waals surface area contributed by atoms with Gasteiger partial charge in [0.25, 0.3) is 0 Å². The van der Waals surface area contributed by atoms with Crippen molar-refractivity contribution in [1.82, 2.24) is 4.90 Å². The predicted octanol–water partition coefficient (Wildman–Crippen LogP) is 1.51. The smallest absolute Gasteiger partial charge is 0.234 e. The normalized spacial score (nSPS) is 18.5. The van der Waals surface area contributed by atoms with Crippen molar-refractivity contribution in [3.63, 3.8) is 0 Å². The van der Waals surface area contributed by atoms with E-state index in [1.165, 1.54) is 25.7 Å². The van der Waals surface area contributed by atoms with Crippen molar-refractivity contribution in [2.24, 2.45) is 5.73 Å². The number of primary amides is 1. The summed E-state index contributed by atoms with van der Waals surface area (Å²) >= 11 is 0. The molecule has 1 saturated carbocycles. The topological polar surface area (TPSA) is 46.3 Å². The van der Waals surface area contributed by atoms with Gasteiger partial charge in [-0.25, -0.2) is 0 Å². The van der Waals surface area contributed by atoms with Gasteiger partial charge in [-0.2, -0.15) is 0 Å². The molecule has 82 valence electrons. The Morgan fingerprint density at radius 3 is 2.50 bits per heavy atom. The third-order valence-electron chi connectivity index (χ3n) is 2.90. The third-order valence-corrected chi connectivity index (χ3v) is 2.90. The molecule has 1 unspecified atom stereocenters. The fourth-order valence-corrected chi connectivity index (χ4v) is 1.94. The average Bonchev–Trinajstić information content (AvgIpc) is 2.94. The van der Waals surface area contributed by atoms with Crippen LogP contribution < -0.4 is 5.73 Å². The second-order valence-corrected chi connectivity index (χ2v) is 4.15. The predicted molar refractivity (Wildman–Crippen MR) is 57.9 cm³/mol. The summed E-state index contributed by atoms with van der Waals surface area (Å²) in [5.41, 5.74) is 5.40. The molecule has 0 aromatic rings. The van der Waals surface area contributed by atoms with Gasteiger partial charge in [-0.1, -0.05) is 20.3 Å². The molecular weight excluding hydrogens is 176 g/mol. The van der Waals surface area contributed by atoms with Crippen LogP contribution in [0, 0.1) is 0 Å². The highest BCUT2D eigenvalue weighted by Crippen LogP contribution is 2.29. The Hall–Kier alpha value is -0.570. The van der Waals surface area contributed by atoms with Crippen LogP contribution in [0.3, 0.4) is 0 Å². The number of rotatable bonds is 7. The number of carbonyl (C=O) groups is 1. The largest absolute Gasteiger partial charge is 0.368 e. The molecule has 1 fully saturated rings. The molecule has 0 spiro atoms. The Balaban J connectivity index is 2.50. The van der Waals surface area contributed by atoms with E-state index in [0.717, 1.165) is 13.0 Å². The summed E-state index contributed by atoms with van der Waals surface area (Å²) in [6, 6.07) is 0.605. The summed E-state index contributed by atoms with van der Waals surface area (Å²) in [6.07, 6.45) is 5.68. The minimum absolute atomic E-state index is 0.0333. The lowest BCUT2D eigenvalue weighted by Crippen LogP contribution is -2.46. The van der Waals surface area contributed by atoms with Crippen LogP contribution in [-0.2, 0) is 4.79 Å². The first-order valence-corrected chi connectivity index (χ1v) is 5.75. The molecule has 1 aliphatic carbocycles. The Kier molecular flexibility index (Phi) is 4.39. The molecule has 0 aliphatic heterocycles. The Morgan fingerprint density at radius 2 is 2.14 bits per heavy atom. The summed E-state index contributed by atoms with van der Waals surface area (Å²) in [7, 11) is 0. The van der Waals surface area contributed by atoms with Crippen LogP contribution in [0.2, 0.25) is 0 Å². The van der Waals surface area contributed by atoms with Crippen LogP contribution >= 0.6 is 0 Å². The van der Waals surface area contributed by atoms with Gasteiger partial charge in [-0.05, 0) is 32.2 Å². The molecule has 0 aromatic heterocycles. The van der Waals surface area contributed by atoms with Crippen LogP contribution in [-0.4, -0.2) is 29.4 Å². The molecule has 3 nitrogen and oxygen atoms in total. The summed E-state index contributed by atoms with van der Waals surface area (Å²) < 4.78 is 0. The van der Waals surface area contributed by atoms with Crippen LogP contribution in [0.25, 0.3) is 0 Å². The van der Waals surface area contributed by atoms with Crippen molar-refractivity contribution < 1.29 is 4.79 Å². The first-order chi connectivity index (χ1) is 6.70. The number of nitrogens with two attached hydrogens (primary N) is 1. The van der Waals surface area contributed by atoms with Crippen molar-refractivity contribution in [1.29, 1.82) is 0 Å². The van der Waals surface area contributed by atoms with Gasteiger partial charge in [0.1, 0.15) is 0 Å². The molecule has 2 N–H and O–H groups in total. The highest BCUT2D eigenvalue weighted by molar-refractivity contribution is 5.79. The van der Waals surface area contributed by atoms with Crippen molar-refractivity contribution in [2.45, 2.75) is 58.0 Å². The van der Waals surface area contributed by atoms with Gasteiger partial charge in [0.15, 0.2) is 0 Å². The van der Waals surface area contributed by atoms with E-state index < -0.39 is 0 Å². The van der Waals surface area contributed by atoms with Gasteiger partial charge in [0, 0.05) is 6.04 Å². The molecule has 1 atom stereocenters. The second-order valence-electron chi connectivity index (χ2n) is 4.15. The van der Waals surface area contributed by atoms with Crippen LogP contribution in [0.4, 0.5) is 0 Å². The summed E-state index contributed by atoms with van der Waals surface area (Å²) in [4.78, 5) is 13.6. The molecule has 0 heterocycles. The number of carbonyl (C=O) groups excluding carboxylic acids is 1. The number of amides is 1. The van der Waals surface area contributed by atoms with E-state index in [9.17, 15) is 4.79 Å². The molecule has 0 bridgehead atoms. The molecule has 1 aliphatic rings. The molecule has 0 saturated heterocycles. The Labute approximate surface area is 86.6 Å². The fraction of sp³-hybridized carbons (Fsp3) is 0.909. The maximum Gasteiger partial charge on any atom is 0.234 e. The standard InChI is InChI=1S/C11H22N2O/c1-3-5-8-13(9-6-7-9)10(4-2)11(12)14/h9-10H,3-8H2,1-2H3,(H2,12,14). The number of unbranched alkanes of at least 4 members (excludes halogenated alkanes) is 1. The average molecular weight is 198 g/mol. The van der Waals surface area contributed by atoms with Gasteiger partial charge >= 0.3 is 0 Å². The maximum absolute atomic E-state index is 11.2. The van der Waals surface area contributed by atoms with E-state index in [-0.39, 0.29) is 11.9 Å². The van der Waals surface area contributed by atoms with Gasteiger partial charge < -0.3 is 5.73 Å². The Morgan fingerprint density at radius 1 is 1.50 bits per heavy atom. The molecule has 1 amide bonds. The van der Waals surface area contributed by atoms with E-state index in [4.69, 9.17) is 5.73 Å². The molecule has 0 aromatic carbocycles. The van der Waals surface area contributed by atoms with Crippen molar-refractivity contribution in [2.75, 3.05) is 6.54 Å². The van der Waals surface area contributed by atoms with Crippen LogP contribution in [0.1, 0.15) is 46.0 Å². The van der Waals surface area contributed by atoms with Crippen molar-refractivity contribution in [3.8, 4) is 0 Å². The lowest BCUT2D eigenvalue weighted by Gasteiger charge is -2.28. The zero-order valence-corrected chi connectivity index (χ0v) is 9.33. The highest BCUT2D eigenvalue weighted by Gasteiger charge is 2.34. The quantitative estimate of drug-likeness (QED) is 0.674. The van der Waals surface area contributed by atoms with Gasteiger partial charge in [-0.3, -0.25) is 9.69 Å². The third kappa shape index (κ3) is 2.98. The summed E-state index contributed by atoms with van der Waals surface area (Å²) in [6.45, 7) is 5.25. The monoisotopic (exact) mass is 198 g/mol. The molecule has 1 rings (SSSR count). The Bertz CT molecular complexity index is 190. The summed E-state index contributed by atoms with van der Waals surface area (Å²) in [5, 5.41) is 0. The van der Waals surface area contributed by atoms with Crippen LogP contribution in [0.15, 0.2) is 0 Å². The second kappa shape index (κ2) is 5.35. The SMILES string of the molecule is CCCCN(C1CC1)C(CC)C(N)=O. The molecular formula is C11H22N2O. The van der Waals surface area contributed by atoms with Crippen molar-refractivity contribution in [3.05, 3.63) is 0 Å². The zero-order valence-electron chi connectivity index (χ0n) is 9.33. The zero-order chi connectivity index (χ0) is 10.6. The van der Waals surface area contributed by atoms with E-state index in [1.807, 2.05) is 6.92 Å². The van der Waals surface area contributed by atoms with Crippen LogP contribution in [0.5, 0.6) is 0 Å². The van der Waals surface area contributed by atoms with Gasteiger partial charge in [-0.15, -0.1) is 0 Å². The molecule has 14 heavy (non-hydrogen) atoms. The summed E-state index contributed by atoms with van der Waals surface area (Å²) in [5.74, 6) is -0.157. The van der Waals surface area contributed by atoms with E-state index in [2.05, 4.69) is 11.8 Å². The fourth-order valence-electron chi connectivity index (χ4n) is 1.94. The van der Waals surface area contributed by atoms with Gasteiger partial charge in [0.2, 0.25) is 5.91 Å². The highest BCUT2D eigenvalue weighted by atomic mass is 16.1. The van der Waals surface area contributed by atoms with E-state index in [1.54, 1.807) is 0 Å². The number of hydrogen-bond donors (Lipinski definition) is 1. The first-order valence-electron chi connectivity index (χ1n) is 5.75. The number of hydrogen-bond acceptors (Lipinski definition) is 2. The lowest BCUT2D eigenvalue weighted by molar-refractivity contribution is -0.123. The number of nitrogens with zero attached hydrogens (tertiary/aromatic N) is 1. The van der Waals surface area contributed by atoms with Gasteiger partial charge in [0.05, 0.1) is 6.04 Å². The molecule has 3 heteroatoms.